The van der Waals surface area contributed by atoms with Gasteiger partial charge in [0.2, 0.25) is 5.91 Å². The number of carbonyl (C=O) groups is 1. The zero-order valence-corrected chi connectivity index (χ0v) is 15.7. The van der Waals surface area contributed by atoms with Gasteiger partial charge in [0.05, 0.1) is 11.0 Å². The van der Waals surface area contributed by atoms with Gasteiger partial charge < -0.3 is 5.32 Å². The standard InChI is InChI=1S/C22H26N4O/c27-20(25-19-5-4-17-2-1-3-18(17)7-19)21-8-15-6-16(9-21)11-22(10-15,12-21)26-14-23-13-24-26/h4-5,7,13-16H,1-3,6,8-12H2,(H,25,27)/t15-,16+,21?,22?. The van der Waals surface area contributed by atoms with Gasteiger partial charge in [-0.15, -0.1) is 0 Å². The van der Waals surface area contributed by atoms with Crippen LogP contribution in [0.1, 0.15) is 56.1 Å². The molecule has 4 atom stereocenters. The first-order valence-corrected chi connectivity index (χ1v) is 10.4. The van der Waals surface area contributed by atoms with Crippen LogP contribution in [-0.4, -0.2) is 20.7 Å². The van der Waals surface area contributed by atoms with Crippen molar-refractivity contribution in [2.45, 2.75) is 63.3 Å². The van der Waals surface area contributed by atoms with Crippen molar-refractivity contribution < 1.29 is 4.79 Å². The van der Waals surface area contributed by atoms with Crippen LogP contribution < -0.4 is 5.32 Å². The van der Waals surface area contributed by atoms with E-state index in [4.69, 9.17) is 0 Å². The van der Waals surface area contributed by atoms with Crippen LogP contribution in [0.5, 0.6) is 0 Å². The third kappa shape index (κ3) is 2.33. The van der Waals surface area contributed by atoms with Crippen molar-refractivity contribution in [1.82, 2.24) is 14.8 Å². The van der Waals surface area contributed by atoms with Crippen LogP contribution in [0, 0.1) is 17.3 Å². The zero-order valence-electron chi connectivity index (χ0n) is 15.7. The van der Waals surface area contributed by atoms with E-state index in [0.29, 0.717) is 11.8 Å². The summed E-state index contributed by atoms with van der Waals surface area (Å²) in [5.41, 5.74) is 3.60. The number of amides is 1. The monoisotopic (exact) mass is 362 g/mol. The van der Waals surface area contributed by atoms with E-state index in [-0.39, 0.29) is 16.9 Å². The van der Waals surface area contributed by atoms with Crippen LogP contribution in [0.15, 0.2) is 30.9 Å². The molecule has 140 valence electrons. The molecule has 5 aliphatic rings. The van der Waals surface area contributed by atoms with E-state index >= 15 is 0 Å². The van der Waals surface area contributed by atoms with Crippen molar-refractivity contribution in [3.05, 3.63) is 42.0 Å². The molecule has 2 aromatic rings. The Hall–Kier alpha value is -2.17. The number of aromatic nitrogens is 3. The molecule has 5 heteroatoms. The summed E-state index contributed by atoms with van der Waals surface area (Å²) >= 11 is 0. The van der Waals surface area contributed by atoms with E-state index < -0.39 is 0 Å². The Bertz CT molecular complexity index is 889. The summed E-state index contributed by atoms with van der Waals surface area (Å²) in [5.74, 6) is 1.52. The number of hydrogen-bond acceptors (Lipinski definition) is 3. The summed E-state index contributed by atoms with van der Waals surface area (Å²) < 4.78 is 2.07. The molecule has 27 heavy (non-hydrogen) atoms. The minimum absolute atomic E-state index is 0.00411. The number of aryl methyl sites for hydroxylation is 2. The number of carbonyl (C=O) groups excluding carboxylic acids is 1. The van der Waals surface area contributed by atoms with E-state index in [1.54, 1.807) is 6.33 Å². The van der Waals surface area contributed by atoms with E-state index in [9.17, 15) is 4.79 Å². The van der Waals surface area contributed by atoms with Crippen LogP contribution in [0.25, 0.3) is 0 Å². The molecule has 4 saturated carbocycles. The minimum Gasteiger partial charge on any atom is -0.326 e. The first-order valence-electron chi connectivity index (χ1n) is 10.4. The summed E-state index contributed by atoms with van der Waals surface area (Å²) in [6, 6.07) is 6.50. The van der Waals surface area contributed by atoms with E-state index in [2.05, 4.69) is 38.3 Å². The summed E-state index contributed by atoms with van der Waals surface area (Å²) in [4.78, 5) is 17.7. The van der Waals surface area contributed by atoms with E-state index in [1.807, 2.05) is 6.33 Å². The summed E-state index contributed by atoms with van der Waals surface area (Å²) in [7, 11) is 0. The highest BCUT2D eigenvalue weighted by Gasteiger charge is 2.61. The van der Waals surface area contributed by atoms with Crippen molar-refractivity contribution in [3.63, 3.8) is 0 Å². The number of fused-ring (bicyclic) bond motifs is 1. The van der Waals surface area contributed by atoms with Gasteiger partial charge >= 0.3 is 0 Å². The lowest BCUT2D eigenvalue weighted by atomic mass is 9.46. The highest BCUT2D eigenvalue weighted by molar-refractivity contribution is 5.96. The lowest BCUT2D eigenvalue weighted by Gasteiger charge is -2.60. The number of nitrogens with zero attached hydrogens (tertiary/aromatic N) is 3. The van der Waals surface area contributed by atoms with Gasteiger partial charge in [-0.05, 0) is 92.9 Å². The van der Waals surface area contributed by atoms with Crippen LogP contribution in [0.3, 0.4) is 0 Å². The molecule has 1 aromatic carbocycles. The van der Waals surface area contributed by atoms with Crippen molar-refractivity contribution >= 4 is 11.6 Å². The van der Waals surface area contributed by atoms with E-state index in [0.717, 1.165) is 44.2 Å². The van der Waals surface area contributed by atoms with E-state index in [1.165, 1.54) is 30.4 Å². The second-order valence-electron chi connectivity index (χ2n) is 9.60. The van der Waals surface area contributed by atoms with Gasteiger partial charge in [-0.1, -0.05) is 6.07 Å². The Kier molecular flexibility index (Phi) is 3.19. The predicted molar refractivity (Wildman–Crippen MR) is 102 cm³/mol. The molecule has 1 aromatic heterocycles. The fourth-order valence-corrected chi connectivity index (χ4v) is 7.11. The number of rotatable bonds is 3. The maximum atomic E-state index is 13.5. The smallest absolute Gasteiger partial charge is 0.230 e. The molecular weight excluding hydrogens is 336 g/mol. The Morgan fingerprint density at radius 1 is 1.11 bits per heavy atom. The van der Waals surface area contributed by atoms with Gasteiger partial charge in [0.25, 0.3) is 0 Å². The average Bonchev–Trinajstić information content (AvgIpc) is 3.32. The van der Waals surface area contributed by atoms with Gasteiger partial charge in [-0.25, -0.2) is 9.67 Å². The lowest BCUT2D eigenvalue weighted by molar-refractivity contribution is -0.150. The van der Waals surface area contributed by atoms with Crippen LogP contribution >= 0.6 is 0 Å². The number of nitrogens with one attached hydrogen (secondary N) is 1. The second kappa shape index (κ2) is 5.43. The van der Waals surface area contributed by atoms with Crippen LogP contribution in [0.4, 0.5) is 5.69 Å². The van der Waals surface area contributed by atoms with Gasteiger partial charge in [0.15, 0.2) is 0 Å². The van der Waals surface area contributed by atoms with Crippen molar-refractivity contribution in [3.8, 4) is 0 Å². The number of hydrogen-bond donors (Lipinski definition) is 1. The molecule has 1 N–H and O–H groups in total. The predicted octanol–water partition coefficient (Wildman–Crippen LogP) is 3.70. The molecular formula is C22H26N4O. The fourth-order valence-electron chi connectivity index (χ4n) is 7.11. The Morgan fingerprint density at radius 3 is 2.70 bits per heavy atom. The second-order valence-corrected chi connectivity index (χ2v) is 9.60. The molecule has 0 aliphatic heterocycles. The Morgan fingerprint density at radius 2 is 1.93 bits per heavy atom. The SMILES string of the molecule is O=C(Nc1ccc2c(c1)CCC2)C12C[C@H]3C[C@@H](C1)CC(n1cncn1)(C3)C2. The molecule has 4 fully saturated rings. The molecule has 4 bridgehead atoms. The van der Waals surface area contributed by atoms with Gasteiger partial charge in [-0.2, -0.15) is 5.10 Å². The Labute approximate surface area is 159 Å². The quantitative estimate of drug-likeness (QED) is 0.906. The summed E-state index contributed by atoms with van der Waals surface area (Å²) in [6.07, 6.45) is 13.6. The number of benzene rings is 1. The highest BCUT2D eigenvalue weighted by atomic mass is 16.2. The first kappa shape index (κ1) is 15.8. The maximum Gasteiger partial charge on any atom is 0.230 e. The molecule has 1 amide bonds. The van der Waals surface area contributed by atoms with Crippen molar-refractivity contribution in [1.29, 1.82) is 0 Å². The normalized spacial score (nSPS) is 36.0. The van der Waals surface area contributed by atoms with Gasteiger partial charge in [0, 0.05) is 5.69 Å². The first-order chi connectivity index (χ1) is 13.1. The number of anilines is 1. The van der Waals surface area contributed by atoms with Crippen LogP contribution in [0.2, 0.25) is 0 Å². The lowest BCUT2D eigenvalue weighted by Crippen LogP contribution is -2.60. The Balaban J connectivity index is 1.31. The molecule has 0 saturated heterocycles. The topological polar surface area (TPSA) is 59.8 Å². The van der Waals surface area contributed by atoms with Crippen molar-refractivity contribution in [2.75, 3.05) is 5.32 Å². The average molecular weight is 362 g/mol. The van der Waals surface area contributed by atoms with Gasteiger partial charge in [-0.3, -0.25) is 4.79 Å². The highest BCUT2D eigenvalue weighted by Crippen LogP contribution is 2.64. The third-order valence-electron chi connectivity index (χ3n) is 7.77. The zero-order chi connectivity index (χ0) is 18.1. The van der Waals surface area contributed by atoms with Crippen molar-refractivity contribution in [2.24, 2.45) is 17.3 Å². The molecule has 2 unspecified atom stereocenters. The summed E-state index contributed by atoms with van der Waals surface area (Å²) in [6.45, 7) is 0. The minimum atomic E-state index is -0.241. The fraction of sp³-hybridized carbons (Fsp3) is 0.591. The molecule has 7 rings (SSSR count). The third-order valence-corrected chi connectivity index (χ3v) is 7.77. The molecule has 1 heterocycles. The maximum absolute atomic E-state index is 13.5. The summed E-state index contributed by atoms with van der Waals surface area (Å²) in [5, 5.41) is 7.80. The van der Waals surface area contributed by atoms with Gasteiger partial charge in [0.1, 0.15) is 12.7 Å². The molecule has 5 aliphatic carbocycles. The van der Waals surface area contributed by atoms with Crippen LogP contribution in [-0.2, 0) is 23.2 Å². The molecule has 5 nitrogen and oxygen atoms in total. The molecule has 0 spiro atoms. The molecule has 0 radical (unpaired) electrons. The largest absolute Gasteiger partial charge is 0.326 e.